The van der Waals surface area contributed by atoms with Gasteiger partial charge in [-0.2, -0.15) is 0 Å². The molecule has 0 saturated carbocycles. The zero-order valence-corrected chi connectivity index (χ0v) is 18.5. The molecule has 1 aromatic heterocycles. The van der Waals surface area contributed by atoms with Crippen molar-refractivity contribution < 1.29 is 23.5 Å². The van der Waals surface area contributed by atoms with E-state index in [1.54, 1.807) is 49.3 Å². The van der Waals surface area contributed by atoms with Crippen molar-refractivity contribution in [3.8, 4) is 11.5 Å². The summed E-state index contributed by atoms with van der Waals surface area (Å²) in [5.74, 6) is 0.339. The van der Waals surface area contributed by atoms with Gasteiger partial charge in [0.1, 0.15) is 28.9 Å². The summed E-state index contributed by atoms with van der Waals surface area (Å²) in [5.41, 5.74) is 1.26. The first-order valence-corrected chi connectivity index (χ1v) is 10.9. The summed E-state index contributed by atoms with van der Waals surface area (Å²) in [6.45, 7) is 0.363. The number of nitrogens with zero attached hydrogens (tertiary/aromatic N) is 3. The van der Waals surface area contributed by atoms with Crippen LogP contribution in [0.1, 0.15) is 10.7 Å². The SMILES string of the molecule is CN(C)C(=O)C1CN(C(=O)Cc2csc(COc3ccc(F)cc3)n2)c2ccccc2O1. The summed E-state index contributed by atoms with van der Waals surface area (Å²) >= 11 is 1.39. The summed E-state index contributed by atoms with van der Waals surface area (Å²) in [6, 6.07) is 12.9. The van der Waals surface area contributed by atoms with Crippen molar-refractivity contribution in [1.29, 1.82) is 0 Å². The van der Waals surface area contributed by atoms with Crippen molar-refractivity contribution in [2.45, 2.75) is 19.1 Å². The van der Waals surface area contributed by atoms with E-state index in [2.05, 4.69) is 4.98 Å². The molecule has 2 amide bonds. The lowest BCUT2D eigenvalue weighted by molar-refractivity contribution is -0.136. The number of thiazole rings is 1. The minimum absolute atomic E-state index is 0.0876. The maximum absolute atomic E-state index is 13.1. The molecular weight excluding hydrogens is 433 g/mol. The molecule has 1 aliphatic rings. The number of rotatable bonds is 6. The fourth-order valence-electron chi connectivity index (χ4n) is 3.31. The molecule has 7 nitrogen and oxygen atoms in total. The fourth-order valence-corrected chi connectivity index (χ4v) is 4.01. The van der Waals surface area contributed by atoms with Crippen LogP contribution in [-0.2, 0) is 22.6 Å². The molecule has 166 valence electrons. The molecule has 0 N–H and O–H groups in total. The molecule has 2 aromatic carbocycles. The highest BCUT2D eigenvalue weighted by atomic mass is 32.1. The molecule has 0 fully saturated rings. The van der Waals surface area contributed by atoms with Gasteiger partial charge in [-0.3, -0.25) is 9.59 Å². The molecule has 2 heterocycles. The van der Waals surface area contributed by atoms with Crippen LogP contribution in [0.3, 0.4) is 0 Å². The van der Waals surface area contributed by atoms with E-state index in [-0.39, 0.29) is 37.2 Å². The second-order valence-electron chi connectivity index (χ2n) is 7.46. The lowest BCUT2D eigenvalue weighted by Gasteiger charge is -2.35. The van der Waals surface area contributed by atoms with Gasteiger partial charge in [0.05, 0.1) is 24.3 Å². The highest BCUT2D eigenvalue weighted by molar-refractivity contribution is 7.09. The number of halogens is 1. The van der Waals surface area contributed by atoms with E-state index < -0.39 is 6.10 Å². The molecular formula is C23H22FN3O4S. The third-order valence-electron chi connectivity index (χ3n) is 4.90. The maximum atomic E-state index is 13.1. The molecule has 0 spiro atoms. The predicted molar refractivity (Wildman–Crippen MR) is 118 cm³/mol. The lowest BCUT2D eigenvalue weighted by atomic mass is 10.1. The van der Waals surface area contributed by atoms with Crippen molar-refractivity contribution in [2.75, 3.05) is 25.5 Å². The second-order valence-corrected chi connectivity index (χ2v) is 8.41. The van der Waals surface area contributed by atoms with Gasteiger partial charge in [0, 0.05) is 19.5 Å². The molecule has 0 radical (unpaired) electrons. The van der Waals surface area contributed by atoms with Crippen molar-refractivity contribution in [2.24, 2.45) is 0 Å². The summed E-state index contributed by atoms with van der Waals surface area (Å²) in [7, 11) is 3.31. The molecule has 0 bridgehead atoms. The summed E-state index contributed by atoms with van der Waals surface area (Å²) in [5, 5.41) is 2.52. The van der Waals surface area contributed by atoms with Crippen LogP contribution in [0, 0.1) is 5.82 Å². The zero-order valence-electron chi connectivity index (χ0n) is 17.7. The average Bonchev–Trinajstić information content (AvgIpc) is 3.24. The highest BCUT2D eigenvalue weighted by Gasteiger charge is 2.34. The monoisotopic (exact) mass is 455 g/mol. The Bertz CT molecular complexity index is 1120. The molecule has 9 heteroatoms. The first kappa shape index (κ1) is 21.8. The molecule has 1 atom stereocenters. The van der Waals surface area contributed by atoms with Gasteiger partial charge in [-0.15, -0.1) is 11.3 Å². The maximum Gasteiger partial charge on any atom is 0.265 e. The quantitative estimate of drug-likeness (QED) is 0.571. The van der Waals surface area contributed by atoms with Gasteiger partial charge in [0.25, 0.3) is 5.91 Å². The number of benzene rings is 2. The molecule has 4 rings (SSSR count). The number of ether oxygens (including phenoxy) is 2. The average molecular weight is 456 g/mol. The van der Waals surface area contributed by atoms with E-state index >= 15 is 0 Å². The van der Waals surface area contributed by atoms with Crippen molar-refractivity contribution >= 4 is 28.8 Å². The Morgan fingerprint density at radius 1 is 1.22 bits per heavy atom. The fraction of sp³-hybridized carbons (Fsp3) is 0.261. The predicted octanol–water partition coefficient (Wildman–Crippen LogP) is 3.29. The Hall–Kier alpha value is -3.46. The topological polar surface area (TPSA) is 72.0 Å². The molecule has 0 saturated heterocycles. The minimum atomic E-state index is -0.765. The van der Waals surface area contributed by atoms with E-state index in [1.165, 1.54) is 28.4 Å². The van der Waals surface area contributed by atoms with Gasteiger partial charge in [-0.1, -0.05) is 12.1 Å². The Morgan fingerprint density at radius 2 is 1.97 bits per heavy atom. The van der Waals surface area contributed by atoms with Gasteiger partial charge < -0.3 is 19.3 Å². The van der Waals surface area contributed by atoms with Crippen LogP contribution in [-0.4, -0.2) is 48.4 Å². The van der Waals surface area contributed by atoms with Crippen LogP contribution in [0.15, 0.2) is 53.9 Å². The standard InChI is InChI=1S/C23H22FN3O4S/c1-26(2)23(29)20-12-27(18-5-3-4-6-19(18)31-20)22(28)11-16-14-32-21(25-16)13-30-17-9-7-15(24)8-10-17/h3-10,14,20H,11-13H2,1-2H3. The van der Waals surface area contributed by atoms with E-state index in [0.717, 1.165) is 0 Å². The van der Waals surface area contributed by atoms with Gasteiger partial charge in [-0.05, 0) is 36.4 Å². The summed E-state index contributed by atoms with van der Waals surface area (Å²) in [4.78, 5) is 33.1. The molecule has 32 heavy (non-hydrogen) atoms. The Kier molecular flexibility index (Phi) is 6.36. The Labute approximate surface area is 189 Å². The van der Waals surface area contributed by atoms with E-state index in [4.69, 9.17) is 9.47 Å². The van der Waals surface area contributed by atoms with Gasteiger partial charge in [-0.25, -0.2) is 9.37 Å². The van der Waals surface area contributed by atoms with Crippen LogP contribution in [0.2, 0.25) is 0 Å². The largest absolute Gasteiger partial charge is 0.486 e. The van der Waals surface area contributed by atoms with E-state index in [0.29, 0.717) is 27.9 Å². The van der Waals surface area contributed by atoms with Crippen LogP contribution >= 0.6 is 11.3 Å². The van der Waals surface area contributed by atoms with Crippen molar-refractivity contribution in [1.82, 2.24) is 9.88 Å². The van der Waals surface area contributed by atoms with Gasteiger partial charge in [0.15, 0.2) is 6.10 Å². The molecule has 3 aromatic rings. The normalized spacial score (nSPS) is 15.0. The van der Waals surface area contributed by atoms with Crippen molar-refractivity contribution in [3.63, 3.8) is 0 Å². The number of hydrogen-bond acceptors (Lipinski definition) is 6. The third-order valence-corrected chi connectivity index (χ3v) is 5.77. The second kappa shape index (κ2) is 9.35. The van der Waals surface area contributed by atoms with Gasteiger partial charge in [0.2, 0.25) is 5.91 Å². The van der Waals surface area contributed by atoms with E-state index in [1.807, 2.05) is 11.4 Å². The molecule has 1 unspecified atom stereocenters. The van der Waals surface area contributed by atoms with E-state index in [9.17, 15) is 14.0 Å². The van der Waals surface area contributed by atoms with Crippen LogP contribution in [0.25, 0.3) is 0 Å². The number of fused-ring (bicyclic) bond motifs is 1. The smallest absolute Gasteiger partial charge is 0.265 e. The van der Waals surface area contributed by atoms with Crippen molar-refractivity contribution in [3.05, 3.63) is 70.4 Å². The van der Waals surface area contributed by atoms with Gasteiger partial charge >= 0.3 is 0 Å². The number of likely N-dealkylation sites (N-methyl/N-ethyl adjacent to an activating group) is 1. The number of carbonyl (C=O) groups excluding carboxylic acids is 2. The number of hydrogen-bond donors (Lipinski definition) is 0. The van der Waals surface area contributed by atoms with Crippen LogP contribution < -0.4 is 14.4 Å². The zero-order chi connectivity index (χ0) is 22.7. The number of amides is 2. The summed E-state index contributed by atoms with van der Waals surface area (Å²) in [6.07, 6.45) is -0.677. The Morgan fingerprint density at radius 3 is 2.72 bits per heavy atom. The number of aromatic nitrogens is 1. The first-order chi connectivity index (χ1) is 15.4. The highest BCUT2D eigenvalue weighted by Crippen LogP contribution is 2.34. The minimum Gasteiger partial charge on any atom is -0.486 e. The van der Waals surface area contributed by atoms with Crippen LogP contribution in [0.5, 0.6) is 11.5 Å². The molecule has 1 aliphatic heterocycles. The third kappa shape index (κ3) is 4.88. The summed E-state index contributed by atoms with van der Waals surface area (Å²) < 4.78 is 24.4. The van der Waals surface area contributed by atoms with Crippen LogP contribution in [0.4, 0.5) is 10.1 Å². The number of carbonyl (C=O) groups is 2. The Balaban J connectivity index is 1.44. The number of anilines is 1. The first-order valence-electron chi connectivity index (χ1n) is 9.99. The number of para-hydroxylation sites is 2. The molecule has 0 aliphatic carbocycles. The lowest BCUT2D eigenvalue weighted by Crippen LogP contribution is -2.50.